The van der Waals surface area contributed by atoms with Crippen molar-refractivity contribution in [2.75, 3.05) is 18.2 Å². The molecule has 0 fully saturated rings. The summed E-state index contributed by atoms with van der Waals surface area (Å²) in [5.41, 5.74) is 8.07. The van der Waals surface area contributed by atoms with Gasteiger partial charge in [-0.25, -0.2) is 4.39 Å². The van der Waals surface area contributed by atoms with Crippen LogP contribution in [0.25, 0.3) is 0 Å². The van der Waals surface area contributed by atoms with E-state index in [0.717, 1.165) is 14.9 Å². The predicted octanol–water partition coefficient (Wildman–Crippen LogP) is 3.76. The zero-order valence-electron chi connectivity index (χ0n) is 9.71. The van der Waals surface area contributed by atoms with E-state index >= 15 is 0 Å². The highest BCUT2D eigenvalue weighted by atomic mass is 127. The molecular formula is C13H12FIN2O. The SMILES string of the molecule is COc1cc(Nc2ccc(N)cc2I)ccc1F. The smallest absolute Gasteiger partial charge is 0.165 e. The van der Waals surface area contributed by atoms with Gasteiger partial charge in [0.25, 0.3) is 0 Å². The number of rotatable bonds is 3. The van der Waals surface area contributed by atoms with E-state index < -0.39 is 0 Å². The summed E-state index contributed by atoms with van der Waals surface area (Å²) in [5.74, 6) is -0.166. The van der Waals surface area contributed by atoms with Crippen LogP contribution in [-0.2, 0) is 0 Å². The molecule has 18 heavy (non-hydrogen) atoms. The first-order chi connectivity index (χ1) is 8.60. The number of nitrogens with one attached hydrogen (secondary N) is 1. The van der Waals surface area contributed by atoms with E-state index in [-0.39, 0.29) is 11.6 Å². The molecule has 0 heterocycles. The van der Waals surface area contributed by atoms with Crippen LogP contribution in [0.2, 0.25) is 0 Å². The van der Waals surface area contributed by atoms with Crippen LogP contribution in [0.1, 0.15) is 0 Å². The van der Waals surface area contributed by atoms with Crippen LogP contribution in [0.3, 0.4) is 0 Å². The van der Waals surface area contributed by atoms with Crippen LogP contribution in [-0.4, -0.2) is 7.11 Å². The van der Waals surface area contributed by atoms with E-state index in [0.29, 0.717) is 5.69 Å². The first-order valence-electron chi connectivity index (χ1n) is 5.26. The number of anilines is 3. The van der Waals surface area contributed by atoms with Crippen molar-refractivity contribution in [1.82, 2.24) is 0 Å². The highest BCUT2D eigenvalue weighted by Gasteiger charge is 2.05. The summed E-state index contributed by atoms with van der Waals surface area (Å²) < 4.78 is 19.2. The highest BCUT2D eigenvalue weighted by Crippen LogP contribution is 2.27. The second-order valence-electron chi connectivity index (χ2n) is 3.71. The molecule has 0 unspecified atom stereocenters. The fourth-order valence-corrected chi connectivity index (χ4v) is 2.20. The molecule has 0 aromatic heterocycles. The van der Waals surface area contributed by atoms with Crippen molar-refractivity contribution in [3.63, 3.8) is 0 Å². The van der Waals surface area contributed by atoms with Gasteiger partial charge in [0.1, 0.15) is 0 Å². The Labute approximate surface area is 118 Å². The van der Waals surface area contributed by atoms with Gasteiger partial charge in [0.05, 0.1) is 12.8 Å². The Kier molecular flexibility index (Phi) is 3.90. The van der Waals surface area contributed by atoms with Crippen LogP contribution >= 0.6 is 22.6 Å². The zero-order chi connectivity index (χ0) is 13.1. The van der Waals surface area contributed by atoms with Crippen molar-refractivity contribution in [2.45, 2.75) is 0 Å². The number of nitrogen functional groups attached to an aromatic ring is 1. The minimum absolute atomic E-state index is 0.213. The summed E-state index contributed by atoms with van der Waals surface area (Å²) in [6.07, 6.45) is 0. The third-order valence-corrected chi connectivity index (χ3v) is 3.32. The third kappa shape index (κ3) is 2.84. The van der Waals surface area contributed by atoms with Crippen molar-refractivity contribution < 1.29 is 9.13 Å². The second kappa shape index (κ2) is 5.43. The molecular weight excluding hydrogens is 346 g/mol. The van der Waals surface area contributed by atoms with Crippen LogP contribution < -0.4 is 15.8 Å². The number of methoxy groups -OCH3 is 1. The van der Waals surface area contributed by atoms with Gasteiger partial charge in [-0.05, 0) is 52.9 Å². The summed E-state index contributed by atoms with van der Waals surface area (Å²) in [7, 11) is 1.44. The summed E-state index contributed by atoms with van der Waals surface area (Å²) in [5, 5.41) is 3.19. The number of hydrogen-bond acceptors (Lipinski definition) is 3. The van der Waals surface area contributed by atoms with Crippen LogP contribution in [0, 0.1) is 9.39 Å². The van der Waals surface area contributed by atoms with Crippen molar-refractivity contribution >= 4 is 39.7 Å². The zero-order valence-corrected chi connectivity index (χ0v) is 11.9. The molecule has 3 N–H and O–H groups in total. The maximum Gasteiger partial charge on any atom is 0.165 e. The molecule has 0 aliphatic carbocycles. The van der Waals surface area contributed by atoms with E-state index in [9.17, 15) is 4.39 Å². The lowest BCUT2D eigenvalue weighted by molar-refractivity contribution is 0.387. The van der Waals surface area contributed by atoms with Gasteiger partial charge < -0.3 is 15.8 Å². The Morgan fingerprint density at radius 1 is 1.22 bits per heavy atom. The van der Waals surface area contributed by atoms with E-state index in [1.807, 2.05) is 18.2 Å². The average Bonchev–Trinajstić information content (AvgIpc) is 2.35. The molecule has 0 radical (unpaired) electrons. The van der Waals surface area contributed by atoms with Gasteiger partial charge in [-0.1, -0.05) is 0 Å². The Bertz CT molecular complexity index is 575. The number of halogens is 2. The van der Waals surface area contributed by atoms with E-state index in [1.165, 1.54) is 13.2 Å². The van der Waals surface area contributed by atoms with Crippen molar-refractivity contribution in [3.8, 4) is 5.75 Å². The standard InChI is InChI=1S/C13H12FIN2O/c1-18-13-7-9(3-4-10(13)14)17-12-5-2-8(16)6-11(12)15/h2-7,17H,16H2,1H3. The van der Waals surface area contributed by atoms with E-state index in [1.54, 1.807) is 12.1 Å². The molecule has 0 amide bonds. The Balaban J connectivity index is 2.28. The van der Waals surface area contributed by atoms with Gasteiger partial charge in [-0.3, -0.25) is 0 Å². The minimum atomic E-state index is -0.380. The molecule has 0 spiro atoms. The van der Waals surface area contributed by atoms with Gasteiger partial charge >= 0.3 is 0 Å². The van der Waals surface area contributed by atoms with Gasteiger partial charge in [-0.2, -0.15) is 0 Å². The second-order valence-corrected chi connectivity index (χ2v) is 4.88. The quantitative estimate of drug-likeness (QED) is 0.649. The van der Waals surface area contributed by atoms with Crippen molar-refractivity contribution in [2.24, 2.45) is 0 Å². The maximum atomic E-state index is 13.3. The lowest BCUT2D eigenvalue weighted by Gasteiger charge is -2.10. The Morgan fingerprint density at radius 3 is 2.67 bits per heavy atom. The van der Waals surface area contributed by atoms with Crippen LogP contribution in [0.4, 0.5) is 21.5 Å². The largest absolute Gasteiger partial charge is 0.494 e. The fourth-order valence-electron chi connectivity index (χ4n) is 1.53. The van der Waals surface area contributed by atoms with E-state index in [4.69, 9.17) is 10.5 Å². The van der Waals surface area contributed by atoms with Gasteiger partial charge in [-0.15, -0.1) is 0 Å². The molecule has 2 aromatic rings. The topological polar surface area (TPSA) is 47.3 Å². The number of ether oxygens (including phenoxy) is 1. The lowest BCUT2D eigenvalue weighted by Crippen LogP contribution is -1.96. The molecule has 0 aliphatic rings. The molecule has 2 aromatic carbocycles. The molecule has 2 rings (SSSR count). The van der Waals surface area contributed by atoms with Crippen molar-refractivity contribution in [3.05, 3.63) is 45.8 Å². The Hall–Kier alpha value is -1.50. The van der Waals surface area contributed by atoms with Gasteiger partial charge in [0.15, 0.2) is 11.6 Å². The summed E-state index contributed by atoms with van der Waals surface area (Å²) >= 11 is 2.19. The summed E-state index contributed by atoms with van der Waals surface area (Å²) in [6.45, 7) is 0. The summed E-state index contributed by atoms with van der Waals surface area (Å²) in [6, 6.07) is 10.2. The van der Waals surface area contributed by atoms with E-state index in [2.05, 4.69) is 27.9 Å². The highest BCUT2D eigenvalue weighted by molar-refractivity contribution is 14.1. The normalized spacial score (nSPS) is 10.2. The first-order valence-corrected chi connectivity index (χ1v) is 6.33. The molecule has 3 nitrogen and oxygen atoms in total. The van der Waals surface area contributed by atoms with Crippen molar-refractivity contribution in [1.29, 1.82) is 0 Å². The number of nitrogens with two attached hydrogens (primary N) is 1. The molecule has 0 atom stereocenters. The van der Waals surface area contributed by atoms with Crippen LogP contribution in [0.5, 0.6) is 5.75 Å². The fraction of sp³-hybridized carbons (Fsp3) is 0.0769. The van der Waals surface area contributed by atoms with Gasteiger partial charge in [0, 0.05) is 21.0 Å². The molecule has 0 saturated heterocycles. The molecule has 0 aliphatic heterocycles. The third-order valence-electron chi connectivity index (χ3n) is 2.42. The molecule has 94 valence electrons. The molecule has 5 heteroatoms. The lowest BCUT2D eigenvalue weighted by atomic mass is 10.2. The number of hydrogen-bond donors (Lipinski definition) is 2. The molecule has 0 saturated carbocycles. The predicted molar refractivity (Wildman–Crippen MR) is 79.8 cm³/mol. The van der Waals surface area contributed by atoms with Crippen LogP contribution in [0.15, 0.2) is 36.4 Å². The molecule has 0 bridgehead atoms. The Morgan fingerprint density at radius 2 is 2.00 bits per heavy atom. The maximum absolute atomic E-state index is 13.3. The van der Waals surface area contributed by atoms with Gasteiger partial charge in [0.2, 0.25) is 0 Å². The minimum Gasteiger partial charge on any atom is -0.494 e. The summed E-state index contributed by atoms with van der Waals surface area (Å²) in [4.78, 5) is 0. The monoisotopic (exact) mass is 358 g/mol. The average molecular weight is 358 g/mol. The first kappa shape index (κ1) is 12.9. The number of benzene rings is 2.